The highest BCUT2D eigenvalue weighted by Gasteiger charge is 1.99. The Kier molecular flexibility index (Phi) is 5.54. The summed E-state index contributed by atoms with van der Waals surface area (Å²) in [6.07, 6.45) is 3.09. The van der Waals surface area contributed by atoms with E-state index >= 15 is 0 Å². The molecule has 0 amide bonds. The van der Waals surface area contributed by atoms with Crippen LogP contribution >= 0.6 is 0 Å². The summed E-state index contributed by atoms with van der Waals surface area (Å²) >= 11 is 0. The molecule has 2 nitrogen and oxygen atoms in total. The molecular formula is C18H20O2. The lowest BCUT2D eigenvalue weighted by Gasteiger charge is -2.07. The first-order chi connectivity index (χ1) is 9.74. The fourth-order valence-electron chi connectivity index (χ4n) is 1.83. The predicted octanol–water partition coefficient (Wildman–Crippen LogP) is 3.59. The van der Waals surface area contributed by atoms with E-state index in [1.807, 2.05) is 48.5 Å². The summed E-state index contributed by atoms with van der Waals surface area (Å²) in [4.78, 5) is 0. The van der Waals surface area contributed by atoms with Crippen LogP contribution in [-0.2, 0) is 11.3 Å². The Labute approximate surface area is 120 Å². The molecule has 20 heavy (non-hydrogen) atoms. The van der Waals surface area contributed by atoms with Crippen LogP contribution in [0.3, 0.4) is 0 Å². The van der Waals surface area contributed by atoms with Crippen molar-refractivity contribution in [2.75, 3.05) is 6.61 Å². The smallest absolute Gasteiger partial charge is 0.0957 e. The van der Waals surface area contributed by atoms with Gasteiger partial charge >= 0.3 is 0 Å². The van der Waals surface area contributed by atoms with Crippen molar-refractivity contribution in [1.82, 2.24) is 0 Å². The van der Waals surface area contributed by atoms with E-state index < -0.39 is 6.10 Å². The second kappa shape index (κ2) is 7.63. The number of ether oxygens (including phenoxy) is 1. The number of aryl methyl sites for hydroxylation is 1. The molecule has 1 atom stereocenters. The van der Waals surface area contributed by atoms with Crippen LogP contribution in [0.4, 0.5) is 0 Å². The Bertz CT molecular complexity index is 529. The van der Waals surface area contributed by atoms with Crippen molar-refractivity contribution in [1.29, 1.82) is 0 Å². The van der Waals surface area contributed by atoms with Crippen LogP contribution in [0.1, 0.15) is 16.7 Å². The van der Waals surface area contributed by atoms with Crippen LogP contribution in [0.25, 0.3) is 6.08 Å². The lowest BCUT2D eigenvalue weighted by molar-refractivity contribution is 0.0507. The van der Waals surface area contributed by atoms with Crippen molar-refractivity contribution in [3.63, 3.8) is 0 Å². The zero-order chi connectivity index (χ0) is 14.2. The van der Waals surface area contributed by atoms with E-state index in [0.29, 0.717) is 13.2 Å². The quantitative estimate of drug-likeness (QED) is 0.867. The summed E-state index contributed by atoms with van der Waals surface area (Å²) in [5.74, 6) is 0. The highest BCUT2D eigenvalue weighted by Crippen LogP contribution is 2.06. The molecule has 0 aliphatic heterocycles. The minimum absolute atomic E-state index is 0.303. The van der Waals surface area contributed by atoms with Crippen molar-refractivity contribution in [2.24, 2.45) is 0 Å². The summed E-state index contributed by atoms with van der Waals surface area (Å²) in [6.45, 7) is 2.88. The topological polar surface area (TPSA) is 29.5 Å². The fraction of sp³-hybridized carbons (Fsp3) is 0.222. The van der Waals surface area contributed by atoms with E-state index in [0.717, 1.165) is 11.1 Å². The van der Waals surface area contributed by atoms with Gasteiger partial charge in [0.2, 0.25) is 0 Å². The number of benzene rings is 2. The summed E-state index contributed by atoms with van der Waals surface area (Å²) < 4.78 is 5.49. The lowest BCUT2D eigenvalue weighted by Crippen LogP contribution is -2.11. The van der Waals surface area contributed by atoms with Gasteiger partial charge in [-0.05, 0) is 18.1 Å². The van der Waals surface area contributed by atoms with Crippen molar-refractivity contribution in [2.45, 2.75) is 19.6 Å². The van der Waals surface area contributed by atoms with Gasteiger partial charge in [-0.3, -0.25) is 0 Å². The average Bonchev–Trinajstić information content (AvgIpc) is 2.48. The largest absolute Gasteiger partial charge is 0.387 e. The molecule has 2 heteroatoms. The number of aliphatic hydroxyl groups excluding tert-OH is 1. The van der Waals surface area contributed by atoms with Crippen LogP contribution in [0, 0.1) is 6.92 Å². The van der Waals surface area contributed by atoms with Gasteiger partial charge in [-0.15, -0.1) is 0 Å². The molecule has 104 valence electrons. The first kappa shape index (κ1) is 14.5. The van der Waals surface area contributed by atoms with E-state index in [9.17, 15) is 5.11 Å². The van der Waals surface area contributed by atoms with Gasteiger partial charge in [-0.1, -0.05) is 72.3 Å². The third-order valence-electron chi connectivity index (χ3n) is 2.99. The fourth-order valence-corrected chi connectivity index (χ4v) is 1.83. The molecule has 0 fully saturated rings. The number of hydrogen-bond donors (Lipinski definition) is 1. The Hall–Kier alpha value is -1.90. The molecule has 0 aliphatic carbocycles. The van der Waals surface area contributed by atoms with Crippen molar-refractivity contribution >= 4 is 6.08 Å². The van der Waals surface area contributed by atoms with E-state index in [-0.39, 0.29) is 0 Å². The maximum absolute atomic E-state index is 9.83. The van der Waals surface area contributed by atoms with Gasteiger partial charge in [-0.25, -0.2) is 0 Å². The molecule has 0 aliphatic rings. The molecule has 0 saturated heterocycles. The van der Waals surface area contributed by atoms with Crippen molar-refractivity contribution < 1.29 is 9.84 Å². The van der Waals surface area contributed by atoms with Gasteiger partial charge in [-0.2, -0.15) is 0 Å². The van der Waals surface area contributed by atoms with Crippen LogP contribution in [0.2, 0.25) is 0 Å². The van der Waals surface area contributed by atoms with Gasteiger partial charge < -0.3 is 9.84 Å². The molecule has 0 heterocycles. The molecule has 2 rings (SSSR count). The molecule has 0 spiro atoms. The van der Waals surface area contributed by atoms with Crippen molar-refractivity contribution in [3.05, 3.63) is 77.4 Å². The van der Waals surface area contributed by atoms with E-state index in [1.165, 1.54) is 5.56 Å². The van der Waals surface area contributed by atoms with Gasteiger partial charge in [0.15, 0.2) is 0 Å². The molecule has 0 bridgehead atoms. The second-order valence-corrected chi connectivity index (χ2v) is 4.84. The SMILES string of the molecule is Cc1ccc(/C=C\[C@@H](O)COCc2ccccc2)cc1. The predicted molar refractivity (Wildman–Crippen MR) is 82.3 cm³/mol. The van der Waals surface area contributed by atoms with E-state index in [2.05, 4.69) is 19.1 Å². The Balaban J connectivity index is 1.75. The minimum Gasteiger partial charge on any atom is -0.387 e. The van der Waals surface area contributed by atoms with Crippen LogP contribution in [0.15, 0.2) is 60.7 Å². The zero-order valence-corrected chi connectivity index (χ0v) is 11.7. The van der Waals surface area contributed by atoms with Gasteiger partial charge in [0.1, 0.15) is 0 Å². The molecule has 0 unspecified atom stereocenters. The zero-order valence-electron chi connectivity index (χ0n) is 11.7. The lowest BCUT2D eigenvalue weighted by atomic mass is 10.1. The van der Waals surface area contributed by atoms with E-state index in [1.54, 1.807) is 6.08 Å². The van der Waals surface area contributed by atoms with Gasteiger partial charge in [0.25, 0.3) is 0 Å². The summed E-state index contributed by atoms with van der Waals surface area (Å²) in [6, 6.07) is 18.1. The molecule has 0 saturated carbocycles. The minimum atomic E-state index is -0.583. The maximum atomic E-state index is 9.83. The summed E-state index contributed by atoms with van der Waals surface area (Å²) in [5, 5.41) is 9.83. The highest BCUT2D eigenvalue weighted by molar-refractivity contribution is 5.50. The van der Waals surface area contributed by atoms with Crippen LogP contribution < -0.4 is 0 Å². The highest BCUT2D eigenvalue weighted by atomic mass is 16.5. The molecular weight excluding hydrogens is 248 g/mol. The van der Waals surface area contributed by atoms with Crippen molar-refractivity contribution in [3.8, 4) is 0 Å². The Morgan fingerprint density at radius 3 is 2.45 bits per heavy atom. The Morgan fingerprint density at radius 1 is 1.05 bits per heavy atom. The second-order valence-electron chi connectivity index (χ2n) is 4.84. The first-order valence-electron chi connectivity index (χ1n) is 6.78. The Morgan fingerprint density at radius 2 is 1.75 bits per heavy atom. The normalized spacial score (nSPS) is 12.7. The number of hydrogen-bond acceptors (Lipinski definition) is 2. The first-order valence-corrected chi connectivity index (χ1v) is 6.78. The number of aliphatic hydroxyl groups is 1. The van der Waals surface area contributed by atoms with Gasteiger partial charge in [0, 0.05) is 0 Å². The monoisotopic (exact) mass is 268 g/mol. The molecule has 2 aromatic carbocycles. The molecule has 0 aromatic heterocycles. The third-order valence-corrected chi connectivity index (χ3v) is 2.99. The molecule has 2 aromatic rings. The van der Waals surface area contributed by atoms with E-state index in [4.69, 9.17) is 4.74 Å². The maximum Gasteiger partial charge on any atom is 0.0957 e. The molecule has 1 N–H and O–H groups in total. The average molecular weight is 268 g/mol. The molecule has 0 radical (unpaired) electrons. The number of rotatable bonds is 6. The summed E-state index contributed by atoms with van der Waals surface area (Å²) in [5.41, 5.74) is 3.42. The standard InChI is InChI=1S/C18H20O2/c1-15-7-9-16(10-8-15)11-12-18(19)14-20-13-17-5-3-2-4-6-17/h2-12,18-19H,13-14H2,1H3/b12-11-/t18-/m1/s1. The summed E-state index contributed by atoms with van der Waals surface area (Å²) in [7, 11) is 0. The van der Waals surface area contributed by atoms with Crippen LogP contribution in [0.5, 0.6) is 0 Å². The van der Waals surface area contributed by atoms with Gasteiger partial charge in [0.05, 0.1) is 19.3 Å². The third kappa shape index (κ3) is 5.00. The van der Waals surface area contributed by atoms with Crippen LogP contribution in [-0.4, -0.2) is 17.8 Å².